The summed E-state index contributed by atoms with van der Waals surface area (Å²) in [6, 6.07) is 7.93. The molecule has 0 spiro atoms. The van der Waals surface area contributed by atoms with Crippen molar-refractivity contribution in [1.29, 1.82) is 0 Å². The van der Waals surface area contributed by atoms with Gasteiger partial charge in [-0.3, -0.25) is 11.3 Å². The van der Waals surface area contributed by atoms with E-state index in [1.54, 1.807) is 6.08 Å². The van der Waals surface area contributed by atoms with Crippen molar-refractivity contribution in [2.45, 2.75) is 13.5 Å². The predicted octanol–water partition coefficient (Wildman–Crippen LogP) is 1.59. The minimum atomic E-state index is 0.611. The first kappa shape index (κ1) is 14.0. The van der Waals surface area contributed by atoms with Crippen LogP contribution < -0.4 is 22.3 Å². The summed E-state index contributed by atoms with van der Waals surface area (Å²) in [7, 11) is 0. The fourth-order valence-corrected chi connectivity index (χ4v) is 1.44. The highest BCUT2D eigenvalue weighted by atomic mass is 15.2. The summed E-state index contributed by atoms with van der Waals surface area (Å²) in [6.07, 6.45) is 1.79. The van der Waals surface area contributed by atoms with Crippen molar-refractivity contribution in [2.24, 2.45) is 11.6 Å². The highest BCUT2D eigenvalue weighted by Crippen LogP contribution is 2.13. The van der Waals surface area contributed by atoms with Crippen LogP contribution in [0, 0.1) is 0 Å². The Bertz CT molecular complexity index is 457. The molecule has 1 aromatic rings. The maximum Gasteiger partial charge on any atom is 0.0541 e. The number of hydrazine groups is 1. The second-order valence-electron chi connectivity index (χ2n) is 3.90. The van der Waals surface area contributed by atoms with Gasteiger partial charge in [-0.25, -0.2) is 0 Å². The van der Waals surface area contributed by atoms with Gasteiger partial charge in [-0.05, 0) is 18.1 Å². The van der Waals surface area contributed by atoms with Crippen LogP contribution in [-0.4, -0.2) is 0 Å². The summed E-state index contributed by atoms with van der Waals surface area (Å²) in [4.78, 5) is 0. The van der Waals surface area contributed by atoms with Gasteiger partial charge in [0.15, 0.2) is 0 Å². The first-order valence-electron chi connectivity index (χ1n) is 5.68. The number of hydrogen-bond donors (Lipinski definition) is 4. The highest BCUT2D eigenvalue weighted by molar-refractivity contribution is 5.64. The largest absolute Gasteiger partial charge is 0.397 e. The van der Waals surface area contributed by atoms with Gasteiger partial charge in [0.2, 0.25) is 0 Å². The van der Waals surface area contributed by atoms with Gasteiger partial charge in [0.05, 0.1) is 11.4 Å². The molecule has 1 rings (SSSR count). The molecule has 0 aromatic heterocycles. The summed E-state index contributed by atoms with van der Waals surface area (Å²) in [5.41, 5.74) is 12.5. The molecular formula is C14H20N4. The Hall–Kier alpha value is -2.04. The smallest absolute Gasteiger partial charge is 0.0541 e. The van der Waals surface area contributed by atoms with Crippen molar-refractivity contribution in [2.75, 3.05) is 0 Å². The second-order valence-corrected chi connectivity index (χ2v) is 3.90. The molecule has 6 N–H and O–H groups in total. The first-order valence-corrected chi connectivity index (χ1v) is 5.68. The van der Waals surface area contributed by atoms with E-state index >= 15 is 0 Å². The molecule has 0 saturated carbocycles. The molecule has 18 heavy (non-hydrogen) atoms. The van der Waals surface area contributed by atoms with E-state index in [4.69, 9.17) is 11.6 Å². The van der Waals surface area contributed by atoms with E-state index in [1.165, 1.54) is 0 Å². The van der Waals surface area contributed by atoms with Crippen LogP contribution in [0.5, 0.6) is 0 Å². The topological polar surface area (TPSA) is 76.1 Å². The van der Waals surface area contributed by atoms with E-state index in [0.29, 0.717) is 17.9 Å². The van der Waals surface area contributed by atoms with Gasteiger partial charge < -0.3 is 11.1 Å². The summed E-state index contributed by atoms with van der Waals surface area (Å²) < 4.78 is 0. The van der Waals surface area contributed by atoms with Crippen molar-refractivity contribution in [1.82, 2.24) is 10.7 Å². The Balaban J connectivity index is 2.70. The molecular weight excluding hydrogens is 224 g/mol. The average molecular weight is 244 g/mol. The molecule has 0 radical (unpaired) electrons. The normalized spacial score (nSPS) is 11.1. The van der Waals surface area contributed by atoms with Crippen molar-refractivity contribution in [3.05, 3.63) is 66.0 Å². The number of allylic oxidation sites excluding steroid dienone is 1. The van der Waals surface area contributed by atoms with Crippen molar-refractivity contribution < 1.29 is 0 Å². The highest BCUT2D eigenvalue weighted by Gasteiger charge is 2.02. The summed E-state index contributed by atoms with van der Waals surface area (Å²) in [5, 5.41) is 3.08. The monoisotopic (exact) mass is 244 g/mol. The zero-order valence-electron chi connectivity index (χ0n) is 10.7. The van der Waals surface area contributed by atoms with Gasteiger partial charge in [-0.15, -0.1) is 0 Å². The molecule has 0 fully saturated rings. The number of hydrogen-bond acceptors (Lipinski definition) is 4. The van der Waals surface area contributed by atoms with Gasteiger partial charge in [0.1, 0.15) is 0 Å². The Labute approximate surface area is 108 Å². The van der Waals surface area contributed by atoms with Gasteiger partial charge in [0, 0.05) is 12.2 Å². The molecule has 0 amide bonds. The number of rotatable bonds is 6. The molecule has 4 nitrogen and oxygen atoms in total. The fourth-order valence-electron chi connectivity index (χ4n) is 1.44. The standard InChI is InChI=1S/C14H20N4/c1-4-14(15)11(3)18-10(2)13-7-5-12(6-8-13)9-17-16/h4-8,17-18H,2-3,9,15-16H2,1H3/b14-4+. The van der Waals surface area contributed by atoms with E-state index in [0.717, 1.165) is 16.8 Å². The quantitative estimate of drug-likeness (QED) is 0.348. The van der Waals surface area contributed by atoms with Crippen LogP contribution in [0.1, 0.15) is 18.1 Å². The maximum atomic E-state index is 5.74. The third-order valence-corrected chi connectivity index (χ3v) is 2.57. The van der Waals surface area contributed by atoms with Crippen LogP contribution in [0.4, 0.5) is 0 Å². The molecule has 0 aliphatic heterocycles. The molecule has 0 heterocycles. The Morgan fingerprint density at radius 1 is 1.28 bits per heavy atom. The Morgan fingerprint density at radius 3 is 2.39 bits per heavy atom. The molecule has 0 saturated heterocycles. The lowest BCUT2D eigenvalue weighted by atomic mass is 10.1. The minimum absolute atomic E-state index is 0.611. The number of nitrogens with one attached hydrogen (secondary N) is 2. The summed E-state index contributed by atoms with van der Waals surface area (Å²) in [6.45, 7) is 10.3. The molecule has 0 bridgehead atoms. The van der Waals surface area contributed by atoms with Crippen molar-refractivity contribution in [3.8, 4) is 0 Å². The number of benzene rings is 1. The summed E-state index contributed by atoms with van der Waals surface area (Å²) in [5.74, 6) is 5.26. The number of nitrogens with two attached hydrogens (primary N) is 2. The zero-order chi connectivity index (χ0) is 13.5. The molecule has 0 aliphatic carbocycles. The van der Waals surface area contributed by atoms with E-state index in [2.05, 4.69) is 23.9 Å². The van der Waals surface area contributed by atoms with Crippen LogP contribution in [0.2, 0.25) is 0 Å². The van der Waals surface area contributed by atoms with Gasteiger partial charge in [-0.2, -0.15) is 0 Å². The van der Waals surface area contributed by atoms with Crippen molar-refractivity contribution in [3.63, 3.8) is 0 Å². The van der Waals surface area contributed by atoms with E-state index in [9.17, 15) is 0 Å². The van der Waals surface area contributed by atoms with E-state index in [-0.39, 0.29) is 0 Å². The lowest BCUT2D eigenvalue weighted by molar-refractivity contribution is 0.741. The van der Waals surface area contributed by atoms with Crippen LogP contribution in [0.3, 0.4) is 0 Å². The van der Waals surface area contributed by atoms with E-state index in [1.807, 2.05) is 31.2 Å². The Morgan fingerprint density at radius 2 is 1.89 bits per heavy atom. The third kappa shape index (κ3) is 3.76. The lowest BCUT2D eigenvalue weighted by Crippen LogP contribution is -2.20. The second kappa shape index (κ2) is 6.64. The zero-order valence-corrected chi connectivity index (χ0v) is 10.7. The van der Waals surface area contributed by atoms with Crippen LogP contribution >= 0.6 is 0 Å². The molecule has 0 aliphatic rings. The Kier molecular flexibility index (Phi) is 5.17. The van der Waals surface area contributed by atoms with Gasteiger partial charge in [-0.1, -0.05) is 43.5 Å². The first-order chi connectivity index (χ1) is 8.58. The average Bonchev–Trinajstić information content (AvgIpc) is 2.38. The van der Waals surface area contributed by atoms with E-state index < -0.39 is 0 Å². The fraction of sp³-hybridized carbons (Fsp3) is 0.143. The summed E-state index contributed by atoms with van der Waals surface area (Å²) >= 11 is 0. The predicted molar refractivity (Wildman–Crippen MR) is 76.7 cm³/mol. The van der Waals surface area contributed by atoms with Gasteiger partial charge >= 0.3 is 0 Å². The molecule has 1 aromatic carbocycles. The minimum Gasteiger partial charge on any atom is -0.397 e. The van der Waals surface area contributed by atoms with Gasteiger partial charge in [0.25, 0.3) is 0 Å². The van der Waals surface area contributed by atoms with Crippen LogP contribution in [0.25, 0.3) is 5.70 Å². The molecule has 96 valence electrons. The third-order valence-electron chi connectivity index (χ3n) is 2.57. The maximum absolute atomic E-state index is 5.74. The van der Waals surface area contributed by atoms with Crippen molar-refractivity contribution >= 4 is 5.70 Å². The lowest BCUT2D eigenvalue weighted by Gasteiger charge is -2.13. The SMILES string of the molecule is C=C(NC(=C)c1ccc(CNN)cc1)/C(N)=C\C. The van der Waals surface area contributed by atoms with Crippen LogP contribution in [0.15, 0.2) is 54.9 Å². The molecule has 0 unspecified atom stereocenters. The molecule has 0 atom stereocenters. The molecule has 4 heteroatoms. The van der Waals surface area contributed by atoms with Crippen LogP contribution in [-0.2, 0) is 6.54 Å².